The van der Waals surface area contributed by atoms with E-state index in [1.807, 2.05) is 23.1 Å². The number of carbonyl (C=O) groups is 1. The maximum Gasteiger partial charge on any atom is 0.227 e. The van der Waals surface area contributed by atoms with E-state index in [0.717, 1.165) is 11.3 Å². The summed E-state index contributed by atoms with van der Waals surface area (Å²) in [6.45, 7) is 2.92. The number of benzene rings is 1. The second kappa shape index (κ2) is 6.51. The second-order valence-corrected chi connectivity index (χ2v) is 9.47. The van der Waals surface area contributed by atoms with Crippen molar-refractivity contribution in [2.45, 2.75) is 6.04 Å². The molecule has 3 aliphatic rings. The lowest BCUT2D eigenvalue weighted by molar-refractivity contribution is -0.138. The number of ether oxygens (including phenoxy) is 1. The standard InChI is InChI=1S/C18H25N3O4S/c1-19-11-14(15-12-25-16-6-4-3-5-13(16)17(15)19)18(22)20-7-9-21(10-8-20)26(2,23)24/h3-6,14-15,17H,7-12H2,1-2H3/t14-,15+,17+/m1/s1. The zero-order valence-corrected chi connectivity index (χ0v) is 16.0. The lowest BCUT2D eigenvalue weighted by Crippen LogP contribution is -2.52. The Bertz CT molecular complexity index is 804. The summed E-state index contributed by atoms with van der Waals surface area (Å²) in [5.74, 6) is 1.06. The number of para-hydroxylation sites is 1. The molecule has 0 unspecified atom stereocenters. The SMILES string of the molecule is CN1C[C@@H](C(=O)N2CCN(S(C)(=O)=O)CC2)[C@@H]2COc3ccccc3[C@@H]21. The molecule has 0 aliphatic carbocycles. The fourth-order valence-electron chi connectivity index (χ4n) is 4.56. The van der Waals surface area contributed by atoms with Crippen molar-refractivity contribution >= 4 is 15.9 Å². The summed E-state index contributed by atoms with van der Waals surface area (Å²) < 4.78 is 30.7. The largest absolute Gasteiger partial charge is 0.493 e. The van der Waals surface area contributed by atoms with Crippen molar-refractivity contribution < 1.29 is 17.9 Å². The molecule has 1 amide bonds. The Balaban J connectivity index is 1.49. The molecule has 4 rings (SSSR count). The van der Waals surface area contributed by atoms with Gasteiger partial charge in [-0.1, -0.05) is 18.2 Å². The van der Waals surface area contributed by atoms with Crippen LogP contribution in [-0.4, -0.2) is 81.1 Å². The number of amides is 1. The first-order chi connectivity index (χ1) is 12.4. The smallest absolute Gasteiger partial charge is 0.227 e. The summed E-state index contributed by atoms with van der Waals surface area (Å²) in [5, 5.41) is 0. The van der Waals surface area contributed by atoms with E-state index < -0.39 is 10.0 Å². The lowest BCUT2D eigenvalue weighted by Gasteiger charge is -2.37. The van der Waals surface area contributed by atoms with Crippen molar-refractivity contribution in [1.82, 2.24) is 14.1 Å². The number of fused-ring (bicyclic) bond motifs is 3. The minimum Gasteiger partial charge on any atom is -0.493 e. The van der Waals surface area contributed by atoms with Gasteiger partial charge in [-0.3, -0.25) is 9.69 Å². The summed E-state index contributed by atoms with van der Waals surface area (Å²) >= 11 is 0. The molecular formula is C18H25N3O4S. The average Bonchev–Trinajstić information content (AvgIpc) is 2.98. The molecule has 2 saturated heterocycles. The van der Waals surface area contributed by atoms with Gasteiger partial charge in [0.05, 0.1) is 18.8 Å². The van der Waals surface area contributed by atoms with Crippen LogP contribution >= 0.6 is 0 Å². The number of sulfonamides is 1. The molecule has 2 fully saturated rings. The highest BCUT2D eigenvalue weighted by Gasteiger charge is 2.48. The van der Waals surface area contributed by atoms with E-state index in [1.54, 1.807) is 0 Å². The Morgan fingerprint density at radius 2 is 1.85 bits per heavy atom. The van der Waals surface area contributed by atoms with Crippen molar-refractivity contribution in [3.05, 3.63) is 29.8 Å². The molecule has 3 heterocycles. The van der Waals surface area contributed by atoms with Crippen LogP contribution in [0.4, 0.5) is 0 Å². The average molecular weight is 379 g/mol. The van der Waals surface area contributed by atoms with Gasteiger partial charge in [0.25, 0.3) is 0 Å². The summed E-state index contributed by atoms with van der Waals surface area (Å²) in [6.07, 6.45) is 1.22. The first-order valence-electron chi connectivity index (χ1n) is 9.02. The molecule has 0 aromatic heterocycles. The van der Waals surface area contributed by atoms with E-state index in [0.29, 0.717) is 39.3 Å². The van der Waals surface area contributed by atoms with Crippen LogP contribution in [0.25, 0.3) is 0 Å². The summed E-state index contributed by atoms with van der Waals surface area (Å²) in [7, 11) is -1.12. The summed E-state index contributed by atoms with van der Waals surface area (Å²) in [5.41, 5.74) is 1.16. The van der Waals surface area contributed by atoms with Crippen molar-refractivity contribution in [2.24, 2.45) is 11.8 Å². The summed E-state index contributed by atoms with van der Waals surface area (Å²) in [4.78, 5) is 17.2. The van der Waals surface area contributed by atoms with Gasteiger partial charge in [-0.05, 0) is 13.1 Å². The third-order valence-corrected chi connectivity index (χ3v) is 7.19. The first kappa shape index (κ1) is 17.8. The Kier molecular flexibility index (Phi) is 4.45. The highest BCUT2D eigenvalue weighted by molar-refractivity contribution is 7.88. The maximum absolute atomic E-state index is 13.1. The minimum atomic E-state index is -3.19. The van der Waals surface area contributed by atoms with Gasteiger partial charge in [0, 0.05) is 50.2 Å². The number of rotatable bonds is 2. The normalized spacial score (nSPS) is 29.8. The van der Waals surface area contributed by atoms with Gasteiger partial charge in [0.2, 0.25) is 15.9 Å². The molecular weight excluding hydrogens is 354 g/mol. The lowest BCUT2D eigenvalue weighted by atomic mass is 9.84. The van der Waals surface area contributed by atoms with Gasteiger partial charge in [-0.25, -0.2) is 8.42 Å². The van der Waals surface area contributed by atoms with Crippen LogP contribution in [0.3, 0.4) is 0 Å². The number of nitrogens with zero attached hydrogens (tertiary/aromatic N) is 3. The van der Waals surface area contributed by atoms with Crippen molar-refractivity contribution in [3.63, 3.8) is 0 Å². The van der Waals surface area contributed by atoms with Crippen molar-refractivity contribution in [3.8, 4) is 5.75 Å². The number of hydrogen-bond donors (Lipinski definition) is 0. The van der Waals surface area contributed by atoms with Gasteiger partial charge < -0.3 is 9.64 Å². The predicted molar refractivity (Wildman–Crippen MR) is 97.3 cm³/mol. The van der Waals surface area contributed by atoms with Crippen molar-refractivity contribution in [1.29, 1.82) is 0 Å². The van der Waals surface area contributed by atoms with Gasteiger partial charge in [0.15, 0.2) is 0 Å². The van der Waals surface area contributed by atoms with Crippen molar-refractivity contribution in [2.75, 3.05) is 52.6 Å². The molecule has 3 aliphatic heterocycles. The van der Waals surface area contributed by atoms with E-state index in [4.69, 9.17) is 4.74 Å². The fraction of sp³-hybridized carbons (Fsp3) is 0.611. The van der Waals surface area contributed by atoms with Crippen LogP contribution in [0.2, 0.25) is 0 Å². The number of carbonyl (C=O) groups excluding carboxylic acids is 1. The molecule has 0 saturated carbocycles. The zero-order valence-electron chi connectivity index (χ0n) is 15.2. The fourth-order valence-corrected chi connectivity index (χ4v) is 5.39. The Morgan fingerprint density at radius 3 is 2.54 bits per heavy atom. The molecule has 0 radical (unpaired) electrons. The van der Waals surface area contributed by atoms with E-state index >= 15 is 0 Å². The molecule has 0 spiro atoms. The topological polar surface area (TPSA) is 70.2 Å². The molecule has 8 heteroatoms. The Hall–Kier alpha value is -1.64. The number of likely N-dealkylation sites (tertiary alicyclic amines) is 1. The van der Waals surface area contributed by atoms with Gasteiger partial charge in [-0.2, -0.15) is 4.31 Å². The number of piperazine rings is 1. The Morgan fingerprint density at radius 1 is 1.15 bits per heavy atom. The molecule has 3 atom stereocenters. The van der Waals surface area contributed by atoms with Crippen LogP contribution in [0.5, 0.6) is 5.75 Å². The third kappa shape index (κ3) is 3.00. The first-order valence-corrected chi connectivity index (χ1v) is 10.9. The van der Waals surface area contributed by atoms with E-state index in [9.17, 15) is 13.2 Å². The molecule has 7 nitrogen and oxygen atoms in total. The van der Waals surface area contributed by atoms with Gasteiger partial charge >= 0.3 is 0 Å². The molecule has 1 aromatic rings. The van der Waals surface area contributed by atoms with E-state index in [1.165, 1.54) is 10.6 Å². The highest BCUT2D eigenvalue weighted by Crippen LogP contribution is 2.46. The predicted octanol–water partition coefficient (Wildman–Crippen LogP) is 0.402. The van der Waals surface area contributed by atoms with E-state index in [2.05, 4.69) is 18.0 Å². The Labute approximate surface area is 154 Å². The molecule has 0 N–H and O–H groups in total. The zero-order chi connectivity index (χ0) is 18.5. The van der Waals surface area contributed by atoms with Crippen LogP contribution in [0, 0.1) is 11.8 Å². The molecule has 0 bridgehead atoms. The molecule has 1 aromatic carbocycles. The third-order valence-electron chi connectivity index (χ3n) is 5.89. The number of hydrogen-bond acceptors (Lipinski definition) is 5. The summed E-state index contributed by atoms with van der Waals surface area (Å²) in [6, 6.07) is 8.25. The van der Waals surface area contributed by atoms with E-state index in [-0.39, 0.29) is 23.8 Å². The van der Waals surface area contributed by atoms with Gasteiger partial charge in [0.1, 0.15) is 5.75 Å². The quantitative estimate of drug-likeness (QED) is 0.744. The van der Waals surface area contributed by atoms with Gasteiger partial charge in [-0.15, -0.1) is 0 Å². The van der Waals surface area contributed by atoms with Crippen LogP contribution in [-0.2, 0) is 14.8 Å². The highest BCUT2D eigenvalue weighted by atomic mass is 32.2. The van der Waals surface area contributed by atoms with Crippen LogP contribution in [0.1, 0.15) is 11.6 Å². The van der Waals surface area contributed by atoms with Crippen LogP contribution < -0.4 is 4.74 Å². The maximum atomic E-state index is 13.1. The minimum absolute atomic E-state index is 0.108. The monoisotopic (exact) mass is 379 g/mol. The molecule has 26 heavy (non-hydrogen) atoms. The molecule has 142 valence electrons. The second-order valence-electron chi connectivity index (χ2n) is 7.49. The van der Waals surface area contributed by atoms with Crippen LogP contribution in [0.15, 0.2) is 24.3 Å².